The van der Waals surface area contributed by atoms with E-state index >= 15 is 0 Å². The SMILES string of the molecule is O=C(CCc1ccc2c(n1)[nH]c1ccncc12)NCCOCCOCCNCc1ccc2cc(Cc3ccccc3)oc2c1. The largest absolute Gasteiger partial charge is 0.461 e. The quantitative estimate of drug-likeness (QED) is 0.131. The Morgan fingerprint density at radius 1 is 0.864 bits per heavy atom. The third-order valence-corrected chi connectivity index (χ3v) is 7.48. The van der Waals surface area contributed by atoms with Crippen molar-refractivity contribution in [2.75, 3.05) is 39.5 Å². The molecule has 0 unspecified atom stereocenters. The third kappa shape index (κ3) is 7.87. The minimum Gasteiger partial charge on any atom is -0.461 e. The van der Waals surface area contributed by atoms with E-state index in [-0.39, 0.29) is 5.91 Å². The minimum absolute atomic E-state index is 0.0162. The van der Waals surface area contributed by atoms with Crippen molar-refractivity contribution < 1.29 is 18.7 Å². The molecule has 0 radical (unpaired) electrons. The highest BCUT2D eigenvalue weighted by molar-refractivity contribution is 6.05. The number of aryl methyl sites for hydroxylation is 1. The fourth-order valence-electron chi connectivity index (χ4n) is 5.21. The Morgan fingerprint density at radius 2 is 1.73 bits per heavy atom. The maximum atomic E-state index is 12.2. The number of benzene rings is 2. The fraction of sp³-hybridized carbons (Fsp3) is 0.286. The molecule has 226 valence electrons. The van der Waals surface area contributed by atoms with Gasteiger partial charge >= 0.3 is 0 Å². The summed E-state index contributed by atoms with van der Waals surface area (Å²) in [6.45, 7) is 4.00. The van der Waals surface area contributed by atoms with Crippen LogP contribution >= 0.6 is 0 Å². The van der Waals surface area contributed by atoms with Gasteiger partial charge in [0.05, 0.1) is 31.9 Å². The number of carbonyl (C=O) groups excluding carboxylic acids is 1. The molecule has 9 heteroatoms. The lowest BCUT2D eigenvalue weighted by Crippen LogP contribution is -2.28. The molecular weight excluding hydrogens is 554 g/mol. The summed E-state index contributed by atoms with van der Waals surface area (Å²) >= 11 is 0. The predicted octanol–water partition coefficient (Wildman–Crippen LogP) is 5.32. The molecular formula is C35H37N5O4. The molecule has 0 saturated heterocycles. The number of fused-ring (bicyclic) bond motifs is 4. The summed E-state index contributed by atoms with van der Waals surface area (Å²) in [6.07, 6.45) is 5.33. The van der Waals surface area contributed by atoms with Gasteiger partial charge in [0, 0.05) is 66.7 Å². The van der Waals surface area contributed by atoms with Crippen molar-refractivity contribution in [2.24, 2.45) is 0 Å². The zero-order chi connectivity index (χ0) is 30.0. The second kappa shape index (κ2) is 14.7. The second-order valence-corrected chi connectivity index (χ2v) is 10.7. The van der Waals surface area contributed by atoms with Crippen LogP contribution in [0.2, 0.25) is 0 Å². The van der Waals surface area contributed by atoms with E-state index in [1.165, 1.54) is 11.1 Å². The second-order valence-electron chi connectivity index (χ2n) is 10.7. The zero-order valence-corrected chi connectivity index (χ0v) is 24.7. The Balaban J connectivity index is 0.791. The topological polar surface area (TPSA) is 114 Å². The molecule has 0 aliphatic heterocycles. The van der Waals surface area contributed by atoms with E-state index in [4.69, 9.17) is 13.9 Å². The Hall–Kier alpha value is -4.57. The lowest BCUT2D eigenvalue weighted by atomic mass is 10.1. The first kappa shape index (κ1) is 29.5. The number of H-pyrrole nitrogens is 1. The summed E-state index contributed by atoms with van der Waals surface area (Å²) in [4.78, 5) is 24.4. The molecule has 0 saturated carbocycles. The van der Waals surface area contributed by atoms with E-state index in [1.807, 2.05) is 42.6 Å². The molecule has 4 heterocycles. The molecule has 6 rings (SSSR count). The molecule has 0 fully saturated rings. The van der Waals surface area contributed by atoms with Gasteiger partial charge in [-0.1, -0.05) is 42.5 Å². The summed E-state index contributed by atoms with van der Waals surface area (Å²) in [5.74, 6) is 0.957. The minimum atomic E-state index is -0.0162. The normalized spacial score (nSPS) is 11.5. The number of ether oxygens (including phenoxy) is 2. The number of pyridine rings is 2. The highest BCUT2D eigenvalue weighted by Gasteiger charge is 2.09. The van der Waals surface area contributed by atoms with Gasteiger partial charge < -0.3 is 29.5 Å². The van der Waals surface area contributed by atoms with Gasteiger partial charge in [-0.3, -0.25) is 9.78 Å². The van der Waals surface area contributed by atoms with E-state index in [0.717, 1.165) is 63.9 Å². The zero-order valence-electron chi connectivity index (χ0n) is 24.7. The molecule has 0 atom stereocenters. The van der Waals surface area contributed by atoms with Crippen molar-refractivity contribution in [2.45, 2.75) is 25.8 Å². The molecule has 3 N–H and O–H groups in total. The van der Waals surface area contributed by atoms with E-state index in [9.17, 15) is 4.79 Å². The predicted molar refractivity (Wildman–Crippen MR) is 172 cm³/mol. The summed E-state index contributed by atoms with van der Waals surface area (Å²) in [6, 6.07) is 24.7. The van der Waals surface area contributed by atoms with Gasteiger partial charge in [-0.05, 0) is 47.9 Å². The Labute approximate surface area is 256 Å². The molecule has 6 aromatic rings. The third-order valence-electron chi connectivity index (χ3n) is 7.48. The van der Waals surface area contributed by atoms with E-state index in [0.29, 0.717) is 45.8 Å². The van der Waals surface area contributed by atoms with Gasteiger partial charge in [0.25, 0.3) is 0 Å². The van der Waals surface area contributed by atoms with Crippen molar-refractivity contribution >= 4 is 38.8 Å². The maximum absolute atomic E-state index is 12.2. The van der Waals surface area contributed by atoms with Crippen LogP contribution in [0.5, 0.6) is 0 Å². The average molecular weight is 592 g/mol. The lowest BCUT2D eigenvalue weighted by molar-refractivity contribution is -0.121. The van der Waals surface area contributed by atoms with Gasteiger partial charge in [-0.2, -0.15) is 0 Å². The Morgan fingerprint density at radius 3 is 2.61 bits per heavy atom. The molecule has 2 aromatic carbocycles. The molecule has 0 aliphatic rings. The van der Waals surface area contributed by atoms with Crippen LogP contribution in [0.25, 0.3) is 32.9 Å². The van der Waals surface area contributed by atoms with Crippen LogP contribution in [0.1, 0.15) is 29.0 Å². The lowest BCUT2D eigenvalue weighted by Gasteiger charge is -2.08. The number of rotatable bonds is 16. The summed E-state index contributed by atoms with van der Waals surface area (Å²) < 4.78 is 17.3. The summed E-state index contributed by atoms with van der Waals surface area (Å²) in [5, 5.41) is 9.53. The van der Waals surface area contributed by atoms with Crippen molar-refractivity contribution in [3.63, 3.8) is 0 Å². The van der Waals surface area contributed by atoms with Gasteiger partial charge in [-0.25, -0.2) is 4.98 Å². The van der Waals surface area contributed by atoms with Gasteiger partial charge in [0.2, 0.25) is 5.91 Å². The molecule has 4 aromatic heterocycles. The van der Waals surface area contributed by atoms with E-state index in [2.05, 4.69) is 62.0 Å². The first-order valence-electron chi connectivity index (χ1n) is 15.1. The highest BCUT2D eigenvalue weighted by atomic mass is 16.5. The van der Waals surface area contributed by atoms with Crippen LogP contribution in [0, 0.1) is 0 Å². The fourth-order valence-corrected chi connectivity index (χ4v) is 5.21. The van der Waals surface area contributed by atoms with Gasteiger partial charge in [-0.15, -0.1) is 0 Å². The number of nitrogens with one attached hydrogen (secondary N) is 3. The molecule has 0 bridgehead atoms. The average Bonchev–Trinajstić information content (AvgIpc) is 3.63. The van der Waals surface area contributed by atoms with Crippen LogP contribution in [-0.4, -0.2) is 60.4 Å². The first-order chi connectivity index (χ1) is 21.7. The summed E-state index contributed by atoms with van der Waals surface area (Å²) in [7, 11) is 0. The van der Waals surface area contributed by atoms with Crippen LogP contribution < -0.4 is 10.6 Å². The molecule has 0 aliphatic carbocycles. The smallest absolute Gasteiger partial charge is 0.220 e. The van der Waals surface area contributed by atoms with Crippen LogP contribution in [0.15, 0.2) is 89.6 Å². The van der Waals surface area contributed by atoms with Crippen molar-refractivity contribution in [1.82, 2.24) is 25.6 Å². The van der Waals surface area contributed by atoms with Crippen LogP contribution in [0.3, 0.4) is 0 Å². The Kier molecular flexibility index (Phi) is 9.88. The number of amides is 1. The van der Waals surface area contributed by atoms with Gasteiger partial charge in [0.1, 0.15) is 17.0 Å². The standard InChI is InChI=1S/C35H37N5O4/c41-34(11-9-28-8-10-30-31-24-36-13-12-32(31)40-35(30)39-28)38-15-17-43-19-18-42-16-14-37-23-26-6-7-27-22-29(44-33(27)21-26)20-25-4-2-1-3-5-25/h1-8,10,12-13,21-22,24,37H,9,11,14-20,23H2,(H,38,41)(H,39,40). The summed E-state index contributed by atoms with van der Waals surface area (Å²) in [5.41, 5.74) is 6.03. The Bertz CT molecular complexity index is 1810. The molecule has 44 heavy (non-hydrogen) atoms. The molecule has 9 nitrogen and oxygen atoms in total. The monoisotopic (exact) mass is 591 g/mol. The van der Waals surface area contributed by atoms with Crippen LogP contribution in [0.4, 0.5) is 0 Å². The van der Waals surface area contributed by atoms with Gasteiger partial charge in [0.15, 0.2) is 0 Å². The number of aromatic amines is 1. The number of hydrogen-bond acceptors (Lipinski definition) is 7. The number of furan rings is 1. The highest BCUT2D eigenvalue weighted by Crippen LogP contribution is 2.24. The number of carbonyl (C=O) groups is 1. The van der Waals surface area contributed by atoms with Crippen molar-refractivity contribution in [3.8, 4) is 0 Å². The van der Waals surface area contributed by atoms with E-state index in [1.54, 1.807) is 6.20 Å². The van der Waals surface area contributed by atoms with E-state index < -0.39 is 0 Å². The maximum Gasteiger partial charge on any atom is 0.220 e. The van der Waals surface area contributed by atoms with Crippen LogP contribution in [-0.2, 0) is 33.7 Å². The van der Waals surface area contributed by atoms with Crippen molar-refractivity contribution in [1.29, 1.82) is 0 Å². The molecule has 0 spiro atoms. The number of nitrogens with zero attached hydrogens (tertiary/aromatic N) is 2. The molecule has 1 amide bonds. The van der Waals surface area contributed by atoms with Crippen molar-refractivity contribution in [3.05, 3.63) is 108 Å². The first-order valence-corrected chi connectivity index (χ1v) is 15.1. The number of aromatic nitrogens is 3. The number of hydrogen-bond donors (Lipinski definition) is 3.